The molecule has 0 spiro atoms. The molecule has 0 unspecified atom stereocenters. The number of carbonyl (C=O) groups excluding carboxylic acids is 2. The van der Waals surface area contributed by atoms with E-state index in [1.807, 2.05) is 30.3 Å². The second-order valence-corrected chi connectivity index (χ2v) is 7.42. The van der Waals surface area contributed by atoms with Gasteiger partial charge in [0.15, 0.2) is 5.69 Å². The van der Waals surface area contributed by atoms with Crippen LogP contribution in [0.2, 0.25) is 0 Å². The first-order chi connectivity index (χ1) is 15.7. The van der Waals surface area contributed by atoms with E-state index in [9.17, 15) is 22.8 Å². The highest BCUT2D eigenvalue weighted by molar-refractivity contribution is 5.98. The zero-order valence-corrected chi connectivity index (χ0v) is 17.8. The highest BCUT2D eigenvalue weighted by Crippen LogP contribution is 2.37. The van der Waals surface area contributed by atoms with Gasteiger partial charge in [0.05, 0.1) is 25.5 Å². The van der Waals surface area contributed by atoms with Gasteiger partial charge >= 0.3 is 12.1 Å². The predicted molar refractivity (Wildman–Crippen MR) is 111 cm³/mol. The molecule has 0 atom stereocenters. The summed E-state index contributed by atoms with van der Waals surface area (Å²) in [4.78, 5) is 27.3. The van der Waals surface area contributed by atoms with Crippen LogP contribution in [0.4, 0.5) is 13.2 Å². The van der Waals surface area contributed by atoms with Crippen LogP contribution in [-0.4, -0.2) is 47.3 Å². The summed E-state index contributed by atoms with van der Waals surface area (Å²) in [6, 6.07) is 13.3. The lowest BCUT2D eigenvalue weighted by Crippen LogP contribution is -2.38. The fraction of sp³-hybridized carbons (Fsp3) is 0.261. The van der Waals surface area contributed by atoms with E-state index in [2.05, 4.69) is 5.10 Å². The molecule has 1 aromatic heterocycles. The number of amides is 1. The number of rotatable bonds is 5. The lowest BCUT2D eigenvalue weighted by atomic mass is 10.0. The third-order valence-corrected chi connectivity index (χ3v) is 5.43. The Morgan fingerprint density at radius 1 is 1.12 bits per heavy atom. The molecule has 0 radical (unpaired) electrons. The van der Waals surface area contributed by atoms with Crippen molar-refractivity contribution in [1.29, 1.82) is 0 Å². The summed E-state index contributed by atoms with van der Waals surface area (Å²) in [6.07, 6.45) is -4.79. The van der Waals surface area contributed by atoms with E-state index in [1.165, 1.54) is 30.2 Å². The maximum Gasteiger partial charge on any atom is 0.435 e. The van der Waals surface area contributed by atoms with Crippen LogP contribution in [0.3, 0.4) is 0 Å². The molecule has 1 aliphatic rings. The van der Waals surface area contributed by atoms with Crippen molar-refractivity contribution >= 4 is 11.9 Å². The van der Waals surface area contributed by atoms with Crippen molar-refractivity contribution in [2.24, 2.45) is 0 Å². The SMILES string of the molecule is COC(=O)c1cc(OC)ccc1-n1nc(C(F)(F)F)c2c1C(=O)N(Cc1ccccc1)CC2. The normalized spacial score (nSPS) is 13.6. The molecule has 0 N–H and O–H groups in total. The predicted octanol–water partition coefficient (Wildman–Crippen LogP) is 3.88. The van der Waals surface area contributed by atoms with Crippen LogP contribution in [0.15, 0.2) is 48.5 Å². The second kappa shape index (κ2) is 8.61. The van der Waals surface area contributed by atoms with E-state index in [-0.39, 0.29) is 42.0 Å². The minimum absolute atomic E-state index is 0.00990. The molecule has 0 saturated carbocycles. The molecular weight excluding hydrogens is 439 g/mol. The van der Waals surface area contributed by atoms with Gasteiger partial charge in [-0.3, -0.25) is 4.79 Å². The summed E-state index contributed by atoms with van der Waals surface area (Å²) in [6.45, 7) is 0.347. The fourth-order valence-electron chi connectivity index (χ4n) is 3.86. The average Bonchev–Trinajstić information content (AvgIpc) is 3.21. The van der Waals surface area contributed by atoms with Crippen molar-refractivity contribution < 1.29 is 32.2 Å². The Morgan fingerprint density at radius 2 is 1.85 bits per heavy atom. The van der Waals surface area contributed by atoms with Gasteiger partial charge in [0, 0.05) is 18.7 Å². The quantitative estimate of drug-likeness (QED) is 0.542. The van der Waals surface area contributed by atoms with E-state index >= 15 is 0 Å². The molecule has 2 aromatic carbocycles. The minimum atomic E-state index is -4.77. The van der Waals surface area contributed by atoms with Crippen LogP contribution in [0.25, 0.3) is 5.69 Å². The molecule has 3 aromatic rings. The Bertz CT molecular complexity index is 1210. The van der Waals surface area contributed by atoms with Gasteiger partial charge in [0.2, 0.25) is 0 Å². The lowest BCUT2D eigenvalue weighted by Gasteiger charge is -2.28. The van der Waals surface area contributed by atoms with Gasteiger partial charge in [0.1, 0.15) is 11.4 Å². The number of methoxy groups -OCH3 is 2. The monoisotopic (exact) mass is 459 g/mol. The number of aromatic nitrogens is 2. The van der Waals surface area contributed by atoms with Gasteiger partial charge in [-0.1, -0.05) is 30.3 Å². The smallest absolute Gasteiger partial charge is 0.435 e. The molecule has 10 heteroatoms. The molecule has 172 valence electrons. The zero-order chi connectivity index (χ0) is 23.8. The highest BCUT2D eigenvalue weighted by atomic mass is 19.4. The van der Waals surface area contributed by atoms with E-state index in [1.54, 1.807) is 0 Å². The number of hydrogen-bond donors (Lipinski definition) is 0. The lowest BCUT2D eigenvalue weighted by molar-refractivity contribution is -0.142. The summed E-state index contributed by atoms with van der Waals surface area (Å²) in [5.41, 5.74) is -0.801. The number of fused-ring (bicyclic) bond motifs is 1. The Kier molecular flexibility index (Phi) is 5.84. The molecule has 0 bridgehead atoms. The van der Waals surface area contributed by atoms with E-state index in [0.717, 1.165) is 17.4 Å². The van der Waals surface area contributed by atoms with Crippen molar-refractivity contribution in [3.63, 3.8) is 0 Å². The minimum Gasteiger partial charge on any atom is -0.497 e. The molecule has 0 fully saturated rings. The third-order valence-electron chi connectivity index (χ3n) is 5.43. The van der Waals surface area contributed by atoms with Crippen LogP contribution in [-0.2, 0) is 23.9 Å². The van der Waals surface area contributed by atoms with Crippen molar-refractivity contribution in [2.75, 3.05) is 20.8 Å². The van der Waals surface area contributed by atoms with E-state index in [4.69, 9.17) is 9.47 Å². The van der Waals surface area contributed by atoms with Crippen LogP contribution < -0.4 is 4.74 Å². The van der Waals surface area contributed by atoms with Crippen LogP contribution in [0.5, 0.6) is 5.75 Å². The van der Waals surface area contributed by atoms with Crippen molar-refractivity contribution in [2.45, 2.75) is 19.1 Å². The standard InChI is InChI=1S/C23H20F3N3O4/c1-32-15-8-9-18(17(12-15)22(31)33-2)29-19-16(20(27-29)23(24,25)26)10-11-28(21(19)30)13-14-6-4-3-5-7-14/h3-9,12H,10-11,13H2,1-2H3. The number of halogens is 3. The maximum absolute atomic E-state index is 13.8. The van der Waals surface area contributed by atoms with Gasteiger partial charge in [-0.2, -0.15) is 18.3 Å². The van der Waals surface area contributed by atoms with Gasteiger partial charge in [-0.15, -0.1) is 0 Å². The zero-order valence-electron chi connectivity index (χ0n) is 17.8. The van der Waals surface area contributed by atoms with Gasteiger partial charge < -0.3 is 14.4 Å². The Balaban J connectivity index is 1.87. The summed E-state index contributed by atoms with van der Waals surface area (Å²) in [7, 11) is 2.54. The number of ether oxygens (including phenoxy) is 2. The van der Waals surface area contributed by atoms with Gasteiger partial charge in [-0.05, 0) is 30.2 Å². The number of nitrogens with zero attached hydrogens (tertiary/aromatic N) is 3. The average molecular weight is 459 g/mol. The van der Waals surface area contributed by atoms with Crippen LogP contribution >= 0.6 is 0 Å². The first kappa shape index (κ1) is 22.4. The number of esters is 1. The van der Waals surface area contributed by atoms with Gasteiger partial charge in [0.25, 0.3) is 5.91 Å². The molecule has 1 aliphatic heterocycles. The first-order valence-corrected chi connectivity index (χ1v) is 10.0. The first-order valence-electron chi connectivity index (χ1n) is 10.0. The van der Waals surface area contributed by atoms with Crippen LogP contribution in [0, 0.1) is 0 Å². The van der Waals surface area contributed by atoms with Crippen molar-refractivity contribution in [3.05, 3.63) is 76.6 Å². The maximum atomic E-state index is 13.8. The molecule has 2 heterocycles. The number of carbonyl (C=O) groups is 2. The Morgan fingerprint density at radius 3 is 2.48 bits per heavy atom. The molecule has 1 amide bonds. The highest BCUT2D eigenvalue weighted by Gasteiger charge is 2.43. The third kappa shape index (κ3) is 4.15. The summed E-state index contributed by atoms with van der Waals surface area (Å²) >= 11 is 0. The van der Waals surface area contributed by atoms with Crippen molar-refractivity contribution in [3.8, 4) is 11.4 Å². The number of alkyl halides is 3. The molecule has 0 aliphatic carbocycles. The summed E-state index contributed by atoms with van der Waals surface area (Å²) in [5, 5.41) is 3.75. The topological polar surface area (TPSA) is 73.7 Å². The molecule has 7 nitrogen and oxygen atoms in total. The molecule has 0 saturated heterocycles. The fourth-order valence-corrected chi connectivity index (χ4v) is 3.86. The van der Waals surface area contributed by atoms with E-state index < -0.39 is 23.7 Å². The largest absolute Gasteiger partial charge is 0.497 e. The number of hydrogen-bond acceptors (Lipinski definition) is 5. The van der Waals surface area contributed by atoms with Crippen molar-refractivity contribution in [1.82, 2.24) is 14.7 Å². The second-order valence-electron chi connectivity index (χ2n) is 7.42. The Hall–Kier alpha value is -3.82. The Labute approximate surface area is 187 Å². The van der Waals surface area contributed by atoms with Gasteiger partial charge in [-0.25, -0.2) is 9.48 Å². The van der Waals surface area contributed by atoms with Crippen LogP contribution in [0.1, 0.15) is 37.7 Å². The number of benzene rings is 2. The van der Waals surface area contributed by atoms with E-state index in [0.29, 0.717) is 5.75 Å². The molecule has 33 heavy (non-hydrogen) atoms. The molecule has 4 rings (SSSR count). The summed E-state index contributed by atoms with van der Waals surface area (Å²) in [5.74, 6) is -1.10. The molecular formula is C23H20F3N3O4. The summed E-state index contributed by atoms with van der Waals surface area (Å²) < 4.78 is 52.2.